The molecule has 0 atom stereocenters. The van der Waals surface area contributed by atoms with Crippen molar-refractivity contribution in [2.75, 3.05) is 5.88 Å². The first-order chi connectivity index (χ1) is 8.15. The van der Waals surface area contributed by atoms with E-state index in [9.17, 15) is 4.79 Å². The molecular formula is C14H18ClNO. The molecule has 2 nitrogen and oxygen atoms in total. The minimum absolute atomic E-state index is 0.0790. The standard InChI is InChI=1S/C14H18ClNO/c1-11-4-2-3-5-12(11)6-7-13(17)16-14(10-15)8-9-14/h2-5H,6-10H2,1H3,(H,16,17). The van der Waals surface area contributed by atoms with E-state index in [1.807, 2.05) is 12.1 Å². The van der Waals surface area contributed by atoms with E-state index in [0.29, 0.717) is 12.3 Å². The molecule has 1 saturated carbocycles. The van der Waals surface area contributed by atoms with Crippen LogP contribution in [0.2, 0.25) is 0 Å². The van der Waals surface area contributed by atoms with Gasteiger partial charge in [0, 0.05) is 12.3 Å². The van der Waals surface area contributed by atoms with Gasteiger partial charge in [0.1, 0.15) is 0 Å². The summed E-state index contributed by atoms with van der Waals surface area (Å²) in [5, 5.41) is 3.04. The van der Waals surface area contributed by atoms with Crippen LogP contribution < -0.4 is 5.32 Å². The van der Waals surface area contributed by atoms with Crippen molar-refractivity contribution in [3.63, 3.8) is 0 Å². The zero-order valence-electron chi connectivity index (χ0n) is 10.1. The first-order valence-corrected chi connectivity index (χ1v) is 6.60. The number of hydrogen-bond acceptors (Lipinski definition) is 1. The monoisotopic (exact) mass is 251 g/mol. The lowest BCUT2D eigenvalue weighted by atomic mass is 10.0. The Morgan fingerprint density at radius 3 is 2.71 bits per heavy atom. The topological polar surface area (TPSA) is 29.1 Å². The lowest BCUT2D eigenvalue weighted by molar-refractivity contribution is -0.121. The second-order valence-electron chi connectivity index (χ2n) is 4.89. The van der Waals surface area contributed by atoms with Crippen molar-refractivity contribution in [3.8, 4) is 0 Å². The molecule has 1 amide bonds. The van der Waals surface area contributed by atoms with Crippen molar-refractivity contribution in [2.24, 2.45) is 0 Å². The second kappa shape index (κ2) is 5.09. The van der Waals surface area contributed by atoms with Crippen molar-refractivity contribution in [1.82, 2.24) is 5.32 Å². The summed E-state index contributed by atoms with van der Waals surface area (Å²) in [4.78, 5) is 11.8. The van der Waals surface area contributed by atoms with Gasteiger partial charge in [-0.1, -0.05) is 24.3 Å². The quantitative estimate of drug-likeness (QED) is 0.802. The molecule has 1 aliphatic rings. The number of alkyl halides is 1. The molecule has 0 aromatic heterocycles. The van der Waals surface area contributed by atoms with Gasteiger partial charge in [-0.15, -0.1) is 11.6 Å². The maximum atomic E-state index is 11.8. The van der Waals surface area contributed by atoms with Crippen LogP contribution in [0.15, 0.2) is 24.3 Å². The Morgan fingerprint density at radius 1 is 1.41 bits per heavy atom. The molecule has 0 radical (unpaired) electrons. The molecule has 1 fully saturated rings. The maximum Gasteiger partial charge on any atom is 0.220 e. The molecule has 1 N–H and O–H groups in total. The average molecular weight is 252 g/mol. The fourth-order valence-corrected chi connectivity index (χ4v) is 2.27. The molecule has 0 saturated heterocycles. The number of amides is 1. The molecule has 1 aliphatic carbocycles. The van der Waals surface area contributed by atoms with Crippen LogP contribution in [0, 0.1) is 6.92 Å². The molecule has 92 valence electrons. The number of carbonyl (C=O) groups is 1. The lowest BCUT2D eigenvalue weighted by Gasteiger charge is -2.14. The van der Waals surface area contributed by atoms with Crippen LogP contribution in [-0.4, -0.2) is 17.3 Å². The van der Waals surface area contributed by atoms with Gasteiger partial charge in [-0.2, -0.15) is 0 Å². The van der Waals surface area contributed by atoms with Gasteiger partial charge in [-0.3, -0.25) is 4.79 Å². The van der Waals surface area contributed by atoms with E-state index in [1.54, 1.807) is 0 Å². The maximum absolute atomic E-state index is 11.8. The predicted octanol–water partition coefficient (Wildman–Crippen LogP) is 2.82. The zero-order valence-corrected chi connectivity index (χ0v) is 10.9. The summed E-state index contributed by atoms with van der Waals surface area (Å²) in [7, 11) is 0. The van der Waals surface area contributed by atoms with Crippen LogP contribution in [-0.2, 0) is 11.2 Å². The van der Waals surface area contributed by atoms with Gasteiger partial charge in [0.05, 0.1) is 5.54 Å². The minimum Gasteiger partial charge on any atom is -0.349 e. The van der Waals surface area contributed by atoms with Gasteiger partial charge in [0.15, 0.2) is 0 Å². The number of rotatable bonds is 5. The predicted molar refractivity (Wildman–Crippen MR) is 70.3 cm³/mol. The van der Waals surface area contributed by atoms with Crippen LogP contribution in [0.25, 0.3) is 0 Å². The molecule has 17 heavy (non-hydrogen) atoms. The molecule has 1 aromatic rings. The van der Waals surface area contributed by atoms with E-state index >= 15 is 0 Å². The Bertz CT molecular complexity index is 412. The van der Waals surface area contributed by atoms with Crippen LogP contribution in [0.1, 0.15) is 30.4 Å². The highest BCUT2D eigenvalue weighted by molar-refractivity contribution is 6.19. The van der Waals surface area contributed by atoms with Gasteiger partial charge in [-0.25, -0.2) is 0 Å². The third-order valence-corrected chi connectivity index (χ3v) is 3.91. The van der Waals surface area contributed by atoms with Gasteiger partial charge >= 0.3 is 0 Å². The van der Waals surface area contributed by atoms with E-state index in [2.05, 4.69) is 24.4 Å². The Morgan fingerprint density at radius 2 is 2.12 bits per heavy atom. The summed E-state index contributed by atoms with van der Waals surface area (Å²) in [5.41, 5.74) is 2.42. The smallest absolute Gasteiger partial charge is 0.220 e. The average Bonchev–Trinajstić information content (AvgIpc) is 3.08. The number of aryl methyl sites for hydroxylation is 2. The van der Waals surface area contributed by atoms with Crippen molar-refractivity contribution < 1.29 is 4.79 Å². The Hall–Kier alpha value is -1.02. The van der Waals surface area contributed by atoms with Gasteiger partial charge in [0.25, 0.3) is 0 Å². The van der Waals surface area contributed by atoms with Crippen molar-refractivity contribution in [1.29, 1.82) is 0 Å². The summed E-state index contributed by atoms with van der Waals surface area (Å²) in [6.45, 7) is 2.08. The first kappa shape index (κ1) is 12.4. The number of nitrogens with one attached hydrogen (secondary N) is 1. The van der Waals surface area contributed by atoms with Gasteiger partial charge < -0.3 is 5.32 Å². The molecular weight excluding hydrogens is 234 g/mol. The highest BCUT2D eigenvalue weighted by atomic mass is 35.5. The normalized spacial score (nSPS) is 16.6. The lowest BCUT2D eigenvalue weighted by Crippen LogP contribution is -2.38. The molecule has 0 aliphatic heterocycles. The van der Waals surface area contributed by atoms with Crippen LogP contribution >= 0.6 is 11.6 Å². The molecule has 3 heteroatoms. The minimum atomic E-state index is -0.0790. The zero-order chi connectivity index (χ0) is 12.3. The van der Waals surface area contributed by atoms with Crippen molar-refractivity contribution in [2.45, 2.75) is 38.1 Å². The first-order valence-electron chi connectivity index (χ1n) is 6.07. The molecule has 1 aromatic carbocycles. The largest absolute Gasteiger partial charge is 0.349 e. The number of carbonyl (C=O) groups excluding carboxylic acids is 1. The molecule has 0 spiro atoms. The molecule has 0 heterocycles. The van der Waals surface area contributed by atoms with Crippen LogP contribution in [0.5, 0.6) is 0 Å². The second-order valence-corrected chi connectivity index (χ2v) is 5.16. The fourth-order valence-electron chi connectivity index (χ4n) is 1.94. The van der Waals surface area contributed by atoms with E-state index in [0.717, 1.165) is 19.3 Å². The highest BCUT2D eigenvalue weighted by Crippen LogP contribution is 2.36. The number of halogens is 1. The summed E-state index contributed by atoms with van der Waals surface area (Å²) >= 11 is 5.83. The molecule has 2 rings (SSSR count). The van der Waals surface area contributed by atoms with E-state index in [1.165, 1.54) is 11.1 Å². The van der Waals surface area contributed by atoms with Crippen molar-refractivity contribution in [3.05, 3.63) is 35.4 Å². The third-order valence-electron chi connectivity index (χ3n) is 3.40. The third kappa shape index (κ3) is 3.22. The SMILES string of the molecule is Cc1ccccc1CCC(=O)NC1(CCl)CC1. The van der Waals surface area contributed by atoms with E-state index in [4.69, 9.17) is 11.6 Å². The Labute approximate surface area is 107 Å². The fraction of sp³-hybridized carbons (Fsp3) is 0.500. The Kier molecular flexibility index (Phi) is 3.72. The molecule has 0 bridgehead atoms. The number of hydrogen-bond donors (Lipinski definition) is 1. The van der Waals surface area contributed by atoms with Crippen LogP contribution in [0.3, 0.4) is 0 Å². The number of benzene rings is 1. The summed E-state index contributed by atoms with van der Waals surface area (Å²) in [6, 6.07) is 8.19. The highest BCUT2D eigenvalue weighted by Gasteiger charge is 2.42. The summed E-state index contributed by atoms with van der Waals surface area (Å²) in [5.74, 6) is 0.648. The van der Waals surface area contributed by atoms with Crippen molar-refractivity contribution >= 4 is 17.5 Å². The van der Waals surface area contributed by atoms with Gasteiger partial charge in [0.2, 0.25) is 5.91 Å². The Balaban J connectivity index is 1.82. The van der Waals surface area contributed by atoms with E-state index in [-0.39, 0.29) is 11.4 Å². The van der Waals surface area contributed by atoms with Crippen LogP contribution in [0.4, 0.5) is 0 Å². The van der Waals surface area contributed by atoms with Gasteiger partial charge in [-0.05, 0) is 37.3 Å². The summed E-state index contributed by atoms with van der Waals surface area (Å²) < 4.78 is 0. The summed E-state index contributed by atoms with van der Waals surface area (Å²) in [6.07, 6.45) is 3.39. The molecule has 0 unspecified atom stereocenters. The van der Waals surface area contributed by atoms with E-state index < -0.39 is 0 Å².